The molecule has 0 radical (unpaired) electrons. The van der Waals surface area contributed by atoms with Crippen LogP contribution in [0.3, 0.4) is 0 Å². The number of rotatable bonds is 9. The van der Waals surface area contributed by atoms with Crippen LogP contribution in [0.2, 0.25) is 0 Å². The van der Waals surface area contributed by atoms with Crippen LogP contribution in [0.5, 0.6) is 11.5 Å². The molecule has 3 heterocycles. The first kappa shape index (κ1) is 23.6. The molecule has 0 saturated carbocycles. The van der Waals surface area contributed by atoms with Gasteiger partial charge in [-0.25, -0.2) is 4.98 Å². The number of hydrogen-bond donors (Lipinski definition) is 1. The van der Waals surface area contributed by atoms with Crippen molar-refractivity contribution >= 4 is 34.1 Å². The summed E-state index contributed by atoms with van der Waals surface area (Å²) >= 11 is 2.63. The number of para-hydroxylation sites is 1. The number of benzene rings is 2. The number of aromatic nitrogens is 4. The summed E-state index contributed by atoms with van der Waals surface area (Å²) < 4.78 is 18.1. The third kappa shape index (κ3) is 4.97. The summed E-state index contributed by atoms with van der Waals surface area (Å²) in [6.45, 7) is 0. The van der Waals surface area contributed by atoms with Crippen molar-refractivity contribution < 1.29 is 18.7 Å². The Hall–Kier alpha value is -4.09. The van der Waals surface area contributed by atoms with Crippen LogP contribution in [0.4, 0.5) is 5.13 Å². The molecule has 9 nitrogen and oxygen atoms in total. The van der Waals surface area contributed by atoms with Crippen LogP contribution in [0.1, 0.15) is 0 Å². The topological polar surface area (TPSA) is 104 Å². The van der Waals surface area contributed by atoms with Crippen LogP contribution in [0.15, 0.2) is 81.9 Å². The number of carbonyl (C=O) groups excluding carboxylic acids is 1. The minimum absolute atomic E-state index is 0.133. The lowest BCUT2D eigenvalue weighted by Crippen LogP contribution is -2.14. The Kier molecular flexibility index (Phi) is 7.01. The maximum Gasteiger partial charge on any atom is 0.236 e. The fraction of sp³-hybridized carbons (Fsp3) is 0.120. The summed E-state index contributed by atoms with van der Waals surface area (Å²) in [6, 6.07) is 18.9. The molecule has 1 N–H and O–H groups in total. The van der Waals surface area contributed by atoms with E-state index in [1.165, 1.54) is 23.1 Å². The van der Waals surface area contributed by atoms with E-state index in [-0.39, 0.29) is 11.7 Å². The van der Waals surface area contributed by atoms with E-state index >= 15 is 0 Å². The summed E-state index contributed by atoms with van der Waals surface area (Å²) in [5.74, 6) is 2.34. The zero-order valence-electron chi connectivity index (χ0n) is 19.4. The second-order valence-electron chi connectivity index (χ2n) is 7.40. The number of carbonyl (C=O) groups is 1. The van der Waals surface area contributed by atoms with Crippen molar-refractivity contribution in [3.8, 4) is 40.0 Å². The number of hydrogen-bond acceptors (Lipinski definition) is 9. The molecule has 0 unspecified atom stereocenters. The predicted octanol–water partition coefficient (Wildman–Crippen LogP) is 5.40. The van der Waals surface area contributed by atoms with Crippen LogP contribution < -0.4 is 14.8 Å². The average molecular weight is 520 g/mol. The largest absolute Gasteiger partial charge is 0.493 e. The summed E-state index contributed by atoms with van der Waals surface area (Å²) in [6.07, 6.45) is 1.59. The van der Waals surface area contributed by atoms with Gasteiger partial charge < -0.3 is 19.2 Å². The fourth-order valence-corrected chi connectivity index (χ4v) is 4.97. The van der Waals surface area contributed by atoms with E-state index in [1.54, 1.807) is 26.5 Å². The van der Waals surface area contributed by atoms with Gasteiger partial charge in [0.2, 0.25) is 11.7 Å². The van der Waals surface area contributed by atoms with Crippen LogP contribution >= 0.6 is 23.1 Å². The third-order valence-electron chi connectivity index (χ3n) is 5.15. The molecular formula is C25H21N5O4S2. The molecule has 36 heavy (non-hydrogen) atoms. The molecular weight excluding hydrogens is 498 g/mol. The molecule has 11 heteroatoms. The Morgan fingerprint density at radius 3 is 2.64 bits per heavy atom. The number of thioether (sulfide) groups is 1. The van der Waals surface area contributed by atoms with E-state index in [4.69, 9.17) is 13.9 Å². The van der Waals surface area contributed by atoms with Crippen molar-refractivity contribution in [1.82, 2.24) is 19.7 Å². The first-order valence-corrected chi connectivity index (χ1v) is 12.7. The summed E-state index contributed by atoms with van der Waals surface area (Å²) in [4.78, 5) is 17.3. The maximum absolute atomic E-state index is 12.7. The molecule has 0 aliphatic heterocycles. The minimum atomic E-state index is -0.199. The van der Waals surface area contributed by atoms with E-state index in [2.05, 4.69) is 20.5 Å². The van der Waals surface area contributed by atoms with Gasteiger partial charge in [0.05, 0.1) is 31.9 Å². The molecule has 3 aromatic heterocycles. The Bertz CT molecular complexity index is 1470. The monoisotopic (exact) mass is 519 g/mol. The normalized spacial score (nSPS) is 10.8. The molecule has 1 amide bonds. The highest BCUT2D eigenvalue weighted by molar-refractivity contribution is 7.99. The van der Waals surface area contributed by atoms with Crippen molar-refractivity contribution in [2.45, 2.75) is 5.16 Å². The molecule has 0 spiro atoms. The van der Waals surface area contributed by atoms with Gasteiger partial charge in [0.15, 0.2) is 27.5 Å². The number of nitrogens with zero attached hydrogens (tertiary/aromatic N) is 4. The lowest BCUT2D eigenvalue weighted by Gasteiger charge is -2.09. The average Bonchev–Trinajstić information content (AvgIpc) is 3.68. The van der Waals surface area contributed by atoms with E-state index in [1.807, 2.05) is 64.5 Å². The highest BCUT2D eigenvalue weighted by atomic mass is 32.2. The number of thiazole rings is 1. The zero-order chi connectivity index (χ0) is 24.9. The highest BCUT2D eigenvalue weighted by Crippen LogP contribution is 2.34. The van der Waals surface area contributed by atoms with Crippen LogP contribution in [-0.4, -0.2) is 45.6 Å². The minimum Gasteiger partial charge on any atom is -0.493 e. The number of methoxy groups -OCH3 is 2. The van der Waals surface area contributed by atoms with Crippen LogP contribution in [0.25, 0.3) is 28.5 Å². The van der Waals surface area contributed by atoms with Gasteiger partial charge in [0, 0.05) is 16.6 Å². The number of ether oxygens (including phenoxy) is 2. The van der Waals surface area contributed by atoms with Gasteiger partial charge in [-0.15, -0.1) is 21.5 Å². The quantitative estimate of drug-likeness (QED) is 0.258. The first-order valence-electron chi connectivity index (χ1n) is 10.8. The molecule has 0 aliphatic carbocycles. The smallest absolute Gasteiger partial charge is 0.236 e. The summed E-state index contributed by atoms with van der Waals surface area (Å²) in [5.41, 5.74) is 2.47. The number of anilines is 1. The molecule has 0 bridgehead atoms. The van der Waals surface area contributed by atoms with Gasteiger partial charge in [-0.2, -0.15) is 0 Å². The van der Waals surface area contributed by atoms with Crippen molar-refractivity contribution in [2.24, 2.45) is 0 Å². The molecule has 5 rings (SSSR count). The second-order valence-corrected chi connectivity index (χ2v) is 9.20. The Labute approximate surface area is 215 Å². The highest BCUT2D eigenvalue weighted by Gasteiger charge is 2.19. The molecule has 0 fully saturated rings. The molecule has 0 atom stereocenters. The third-order valence-corrected chi connectivity index (χ3v) is 6.84. The molecule has 182 valence electrons. The zero-order valence-corrected chi connectivity index (χ0v) is 21.0. The molecule has 5 aromatic rings. The van der Waals surface area contributed by atoms with Gasteiger partial charge >= 0.3 is 0 Å². The van der Waals surface area contributed by atoms with Crippen LogP contribution in [0, 0.1) is 0 Å². The summed E-state index contributed by atoms with van der Waals surface area (Å²) in [5, 5.41) is 14.4. The van der Waals surface area contributed by atoms with E-state index in [0.717, 1.165) is 16.9 Å². The van der Waals surface area contributed by atoms with Crippen LogP contribution in [-0.2, 0) is 4.79 Å². The number of furan rings is 1. The second kappa shape index (κ2) is 10.7. The lowest BCUT2D eigenvalue weighted by molar-refractivity contribution is -0.113. The van der Waals surface area contributed by atoms with Gasteiger partial charge in [-0.05, 0) is 42.5 Å². The van der Waals surface area contributed by atoms with Crippen molar-refractivity contribution in [2.75, 3.05) is 25.3 Å². The Morgan fingerprint density at radius 1 is 1.06 bits per heavy atom. The van der Waals surface area contributed by atoms with E-state index in [9.17, 15) is 4.79 Å². The van der Waals surface area contributed by atoms with Crippen molar-refractivity contribution in [3.05, 3.63) is 72.3 Å². The summed E-state index contributed by atoms with van der Waals surface area (Å²) in [7, 11) is 3.17. The molecule has 2 aromatic carbocycles. The van der Waals surface area contributed by atoms with E-state index < -0.39 is 0 Å². The van der Waals surface area contributed by atoms with Gasteiger partial charge in [-0.1, -0.05) is 30.0 Å². The maximum atomic E-state index is 12.7. The molecule has 0 saturated heterocycles. The fourth-order valence-electron chi connectivity index (χ4n) is 3.48. The van der Waals surface area contributed by atoms with Gasteiger partial charge in [0.1, 0.15) is 0 Å². The van der Waals surface area contributed by atoms with Gasteiger partial charge in [0.25, 0.3) is 0 Å². The predicted molar refractivity (Wildman–Crippen MR) is 139 cm³/mol. The number of nitrogens with one attached hydrogen (secondary N) is 1. The standard InChI is InChI=1S/C25H21N5O4S2/c1-32-19-11-10-16(13-21(19)33-2)18-14-35-24(26-18)27-22(31)15-36-25-29-28-23(20-9-6-12-34-20)30(25)17-7-4-3-5-8-17/h3-14H,15H2,1-2H3,(H,26,27,31). The Balaban J connectivity index is 1.29. The SMILES string of the molecule is COc1ccc(-c2csc(NC(=O)CSc3nnc(-c4ccco4)n3-c3ccccc3)n2)cc1OC. The van der Waals surface area contributed by atoms with Crippen molar-refractivity contribution in [1.29, 1.82) is 0 Å². The van der Waals surface area contributed by atoms with Crippen molar-refractivity contribution in [3.63, 3.8) is 0 Å². The molecule has 0 aliphatic rings. The first-order chi connectivity index (χ1) is 17.7. The lowest BCUT2D eigenvalue weighted by atomic mass is 10.1. The number of amides is 1. The Morgan fingerprint density at radius 2 is 1.89 bits per heavy atom. The van der Waals surface area contributed by atoms with Gasteiger partial charge in [-0.3, -0.25) is 9.36 Å². The van der Waals surface area contributed by atoms with E-state index in [0.29, 0.717) is 33.4 Å².